The van der Waals surface area contributed by atoms with Crippen LogP contribution < -0.4 is 0 Å². The summed E-state index contributed by atoms with van der Waals surface area (Å²) in [7, 11) is 0. The van der Waals surface area contributed by atoms with E-state index in [0.29, 0.717) is 19.5 Å². The van der Waals surface area contributed by atoms with Crippen molar-refractivity contribution in [3.8, 4) is 0 Å². The molecule has 6 heteroatoms. The zero-order valence-corrected chi connectivity index (χ0v) is 16.4. The predicted octanol–water partition coefficient (Wildman–Crippen LogP) is 2.77. The quantitative estimate of drug-likeness (QED) is 0.796. The molecule has 148 valence electrons. The zero-order valence-electron chi connectivity index (χ0n) is 16.4. The Morgan fingerprint density at radius 2 is 1.89 bits per heavy atom. The molecule has 2 amide bonds. The summed E-state index contributed by atoms with van der Waals surface area (Å²) < 4.78 is 0. The Bertz CT molecular complexity index is 661. The number of carbonyl (C=O) groups is 3. The summed E-state index contributed by atoms with van der Waals surface area (Å²) in [5, 5.41) is 9.46. The average Bonchev–Trinajstić information content (AvgIpc) is 2.70. The van der Waals surface area contributed by atoms with Gasteiger partial charge in [0.05, 0.1) is 5.92 Å². The first kappa shape index (κ1) is 20.9. The highest BCUT2D eigenvalue weighted by Gasteiger charge is 2.35. The molecular weight excluding hydrogens is 344 g/mol. The monoisotopic (exact) mass is 374 g/mol. The lowest BCUT2D eigenvalue weighted by Crippen LogP contribution is -2.51. The maximum Gasteiger partial charge on any atom is 0.326 e. The molecular formula is C21H30N2O4. The van der Waals surface area contributed by atoms with Crippen LogP contribution in [-0.2, 0) is 20.9 Å². The average molecular weight is 374 g/mol. The molecule has 0 saturated carbocycles. The van der Waals surface area contributed by atoms with Crippen molar-refractivity contribution in [2.45, 2.75) is 52.6 Å². The number of carboxylic acids is 1. The molecule has 0 radical (unpaired) electrons. The second kappa shape index (κ2) is 9.53. The molecule has 1 N–H and O–H groups in total. The molecule has 1 aromatic carbocycles. The van der Waals surface area contributed by atoms with Crippen molar-refractivity contribution in [3.63, 3.8) is 0 Å². The maximum atomic E-state index is 13.2. The van der Waals surface area contributed by atoms with Crippen molar-refractivity contribution in [3.05, 3.63) is 35.9 Å². The molecule has 1 aliphatic heterocycles. The highest BCUT2D eigenvalue weighted by atomic mass is 16.4. The molecule has 1 saturated heterocycles. The van der Waals surface area contributed by atoms with Gasteiger partial charge in [-0.15, -0.1) is 0 Å². The molecule has 0 bridgehead atoms. The van der Waals surface area contributed by atoms with Crippen LogP contribution in [0.2, 0.25) is 0 Å². The molecule has 3 atom stereocenters. The lowest BCUT2D eigenvalue weighted by Gasteiger charge is -2.37. The lowest BCUT2D eigenvalue weighted by atomic mass is 9.94. The summed E-state index contributed by atoms with van der Waals surface area (Å²) in [4.78, 5) is 40.4. The normalized spacial score (nSPS) is 19.2. The molecule has 2 rings (SSSR count). The summed E-state index contributed by atoms with van der Waals surface area (Å²) in [5.74, 6) is -1.54. The minimum atomic E-state index is -1.03. The minimum Gasteiger partial charge on any atom is -0.480 e. The largest absolute Gasteiger partial charge is 0.480 e. The topological polar surface area (TPSA) is 77.9 Å². The summed E-state index contributed by atoms with van der Waals surface area (Å²) in [6, 6.07) is 8.48. The van der Waals surface area contributed by atoms with E-state index in [9.17, 15) is 19.5 Å². The molecule has 1 fully saturated rings. The van der Waals surface area contributed by atoms with Gasteiger partial charge in [-0.25, -0.2) is 4.79 Å². The van der Waals surface area contributed by atoms with Crippen LogP contribution in [0.25, 0.3) is 0 Å². The Morgan fingerprint density at radius 3 is 2.48 bits per heavy atom. The van der Waals surface area contributed by atoms with Gasteiger partial charge in [-0.1, -0.05) is 44.2 Å². The van der Waals surface area contributed by atoms with Crippen LogP contribution in [0.4, 0.5) is 0 Å². The number of rotatable bonds is 7. The van der Waals surface area contributed by atoms with E-state index >= 15 is 0 Å². The van der Waals surface area contributed by atoms with E-state index in [1.165, 1.54) is 11.8 Å². The summed E-state index contributed by atoms with van der Waals surface area (Å²) in [5.41, 5.74) is 0.891. The van der Waals surface area contributed by atoms with Gasteiger partial charge in [-0.2, -0.15) is 0 Å². The van der Waals surface area contributed by atoms with E-state index < -0.39 is 12.0 Å². The Labute approximate surface area is 161 Å². The van der Waals surface area contributed by atoms with Gasteiger partial charge in [-0.3, -0.25) is 9.59 Å². The van der Waals surface area contributed by atoms with Gasteiger partial charge in [0, 0.05) is 25.6 Å². The molecule has 1 aliphatic rings. The third-order valence-corrected chi connectivity index (χ3v) is 5.42. The van der Waals surface area contributed by atoms with Crippen LogP contribution in [0.5, 0.6) is 0 Å². The predicted molar refractivity (Wildman–Crippen MR) is 103 cm³/mol. The molecule has 1 heterocycles. The van der Waals surface area contributed by atoms with E-state index in [-0.39, 0.29) is 30.2 Å². The van der Waals surface area contributed by atoms with Crippen molar-refractivity contribution in [1.82, 2.24) is 9.80 Å². The highest BCUT2D eigenvalue weighted by molar-refractivity contribution is 5.86. The van der Waals surface area contributed by atoms with Crippen molar-refractivity contribution in [2.24, 2.45) is 11.8 Å². The third-order valence-electron chi connectivity index (χ3n) is 5.42. The lowest BCUT2D eigenvalue weighted by molar-refractivity contribution is -0.154. The van der Waals surface area contributed by atoms with E-state index in [2.05, 4.69) is 0 Å². The first-order chi connectivity index (χ1) is 12.8. The number of benzene rings is 1. The van der Waals surface area contributed by atoms with Crippen molar-refractivity contribution >= 4 is 17.8 Å². The Kier molecular flexibility index (Phi) is 7.39. The highest BCUT2D eigenvalue weighted by Crippen LogP contribution is 2.23. The van der Waals surface area contributed by atoms with Crippen LogP contribution in [0.15, 0.2) is 30.3 Å². The molecule has 6 nitrogen and oxygen atoms in total. The fourth-order valence-corrected chi connectivity index (χ4v) is 3.42. The number of carboxylic acid groups (broad SMARTS) is 1. The number of aliphatic carboxylic acids is 1. The zero-order chi connectivity index (χ0) is 20.0. The maximum absolute atomic E-state index is 13.2. The number of carbonyl (C=O) groups excluding carboxylic acids is 2. The number of likely N-dealkylation sites (tertiary alicyclic amines) is 1. The molecule has 27 heavy (non-hydrogen) atoms. The number of amides is 2. The molecule has 0 aromatic heterocycles. The molecule has 3 unspecified atom stereocenters. The van der Waals surface area contributed by atoms with E-state index in [1.54, 1.807) is 4.90 Å². The van der Waals surface area contributed by atoms with Crippen LogP contribution in [0.3, 0.4) is 0 Å². The number of piperidine rings is 1. The van der Waals surface area contributed by atoms with Crippen molar-refractivity contribution in [2.75, 3.05) is 13.1 Å². The number of hydrogen-bond donors (Lipinski definition) is 1. The fourth-order valence-electron chi connectivity index (χ4n) is 3.42. The van der Waals surface area contributed by atoms with E-state index in [4.69, 9.17) is 0 Å². The Balaban J connectivity index is 2.16. The van der Waals surface area contributed by atoms with E-state index in [1.807, 2.05) is 44.2 Å². The third kappa shape index (κ3) is 5.31. The summed E-state index contributed by atoms with van der Waals surface area (Å²) in [6.07, 6.45) is 2.21. The number of nitrogens with zero attached hydrogens (tertiary/aromatic N) is 2. The Hall–Kier alpha value is -2.37. The van der Waals surface area contributed by atoms with Gasteiger partial charge in [0.15, 0.2) is 0 Å². The second-order valence-corrected chi connectivity index (χ2v) is 7.40. The summed E-state index contributed by atoms with van der Waals surface area (Å²) in [6.45, 7) is 6.71. The van der Waals surface area contributed by atoms with E-state index in [0.717, 1.165) is 18.4 Å². The van der Waals surface area contributed by atoms with Gasteiger partial charge in [0.2, 0.25) is 11.8 Å². The number of hydrogen-bond acceptors (Lipinski definition) is 3. The Morgan fingerprint density at radius 1 is 1.22 bits per heavy atom. The van der Waals surface area contributed by atoms with Crippen LogP contribution in [0.1, 0.15) is 45.6 Å². The van der Waals surface area contributed by atoms with Crippen LogP contribution >= 0.6 is 0 Å². The van der Waals surface area contributed by atoms with Crippen molar-refractivity contribution in [1.29, 1.82) is 0 Å². The molecule has 0 spiro atoms. The van der Waals surface area contributed by atoms with Gasteiger partial charge in [0.1, 0.15) is 6.04 Å². The molecule has 0 aliphatic carbocycles. The smallest absolute Gasteiger partial charge is 0.326 e. The first-order valence-electron chi connectivity index (χ1n) is 9.71. The van der Waals surface area contributed by atoms with Crippen LogP contribution in [0, 0.1) is 11.8 Å². The first-order valence-corrected chi connectivity index (χ1v) is 9.71. The van der Waals surface area contributed by atoms with Gasteiger partial charge >= 0.3 is 5.97 Å². The van der Waals surface area contributed by atoms with Gasteiger partial charge < -0.3 is 14.9 Å². The second-order valence-electron chi connectivity index (χ2n) is 7.40. The standard InChI is InChI=1S/C21H30N2O4/c1-4-15(2)19(24)22-12-8-11-18(14-22)20(25)23(16(3)21(26)27)13-17-9-6-5-7-10-17/h5-7,9-10,15-16,18H,4,8,11-14H2,1-3H3,(H,26,27). The summed E-state index contributed by atoms with van der Waals surface area (Å²) >= 11 is 0. The van der Waals surface area contributed by atoms with Gasteiger partial charge in [0.25, 0.3) is 0 Å². The van der Waals surface area contributed by atoms with Gasteiger partial charge in [-0.05, 0) is 31.7 Å². The van der Waals surface area contributed by atoms with Crippen LogP contribution in [-0.4, -0.2) is 51.8 Å². The van der Waals surface area contributed by atoms with Crippen molar-refractivity contribution < 1.29 is 19.5 Å². The SMILES string of the molecule is CCC(C)C(=O)N1CCCC(C(=O)N(Cc2ccccc2)C(C)C(=O)O)C1. The molecule has 1 aromatic rings. The minimum absolute atomic E-state index is 0.0581. The fraction of sp³-hybridized carbons (Fsp3) is 0.571.